The Labute approximate surface area is 166 Å². The first-order chi connectivity index (χ1) is 13.2. The highest BCUT2D eigenvalue weighted by molar-refractivity contribution is 6.31. The maximum atomic E-state index is 6.27. The molecule has 1 fully saturated rings. The first kappa shape index (κ1) is 19.5. The second-order valence-corrected chi connectivity index (χ2v) is 7.02. The number of halogens is 1. The van der Waals surface area contributed by atoms with Gasteiger partial charge in [0.2, 0.25) is 0 Å². The topological polar surface area (TPSA) is 40.1 Å². The van der Waals surface area contributed by atoms with Gasteiger partial charge in [-0.3, -0.25) is 4.99 Å². The number of hydrogen-bond acceptors (Lipinski definition) is 3. The molecule has 0 aliphatic carbocycles. The fourth-order valence-electron chi connectivity index (χ4n) is 3.17. The molecule has 2 aromatic carbocycles. The summed E-state index contributed by atoms with van der Waals surface area (Å²) in [7, 11) is 3.81. The summed E-state index contributed by atoms with van der Waals surface area (Å²) in [6.45, 7) is 4.95. The predicted molar refractivity (Wildman–Crippen MR) is 113 cm³/mol. The molecule has 27 heavy (non-hydrogen) atoms. The van der Waals surface area contributed by atoms with Crippen LogP contribution in [0, 0.1) is 0 Å². The van der Waals surface area contributed by atoms with Crippen molar-refractivity contribution in [3.63, 3.8) is 0 Å². The third kappa shape index (κ3) is 5.37. The van der Waals surface area contributed by atoms with Crippen LogP contribution in [0.25, 0.3) is 0 Å². The third-order valence-corrected chi connectivity index (χ3v) is 5.07. The lowest BCUT2D eigenvalue weighted by Crippen LogP contribution is -2.38. The van der Waals surface area contributed by atoms with Crippen molar-refractivity contribution in [2.75, 3.05) is 45.3 Å². The van der Waals surface area contributed by atoms with Gasteiger partial charge in [0, 0.05) is 51.0 Å². The van der Waals surface area contributed by atoms with E-state index in [1.807, 2.05) is 31.3 Å². The number of ether oxygens (including phenoxy) is 1. The number of benzene rings is 2. The largest absolute Gasteiger partial charge is 0.378 e. The maximum Gasteiger partial charge on any atom is 0.193 e. The molecule has 0 spiro atoms. The highest BCUT2D eigenvalue weighted by Crippen LogP contribution is 2.18. The van der Waals surface area contributed by atoms with Gasteiger partial charge in [0.1, 0.15) is 0 Å². The van der Waals surface area contributed by atoms with Crippen molar-refractivity contribution in [1.29, 1.82) is 0 Å². The Bertz CT molecular complexity index is 757. The van der Waals surface area contributed by atoms with E-state index in [4.69, 9.17) is 16.3 Å². The molecule has 1 aliphatic heterocycles. The van der Waals surface area contributed by atoms with Crippen LogP contribution in [0.5, 0.6) is 0 Å². The lowest BCUT2D eigenvalue weighted by molar-refractivity contribution is 0.122. The van der Waals surface area contributed by atoms with Crippen LogP contribution in [0.4, 0.5) is 5.69 Å². The summed E-state index contributed by atoms with van der Waals surface area (Å²) in [4.78, 5) is 8.82. The number of anilines is 1. The van der Waals surface area contributed by atoms with Gasteiger partial charge in [-0.15, -0.1) is 0 Å². The molecule has 5 nitrogen and oxygen atoms in total. The van der Waals surface area contributed by atoms with Crippen LogP contribution in [0.3, 0.4) is 0 Å². The van der Waals surface area contributed by atoms with Gasteiger partial charge >= 0.3 is 0 Å². The number of aliphatic imine (C=N–C) groups is 1. The standard InChI is InChI=1S/C21H27ClN4O/c1-23-21(25(2)16-18-5-3-4-6-20(18)22)24-15-17-7-9-19(10-8-17)26-11-13-27-14-12-26/h3-10H,11-16H2,1-2H3,(H,23,24). The molecule has 1 N–H and O–H groups in total. The monoisotopic (exact) mass is 386 g/mol. The van der Waals surface area contributed by atoms with E-state index in [0.29, 0.717) is 6.54 Å². The Balaban J connectivity index is 1.55. The molecule has 3 rings (SSSR count). The van der Waals surface area contributed by atoms with E-state index in [2.05, 4.69) is 44.4 Å². The molecule has 1 saturated heterocycles. The number of hydrogen-bond donors (Lipinski definition) is 1. The summed E-state index contributed by atoms with van der Waals surface area (Å²) >= 11 is 6.27. The lowest BCUT2D eigenvalue weighted by atomic mass is 10.2. The molecule has 0 saturated carbocycles. The molecular weight excluding hydrogens is 360 g/mol. The van der Waals surface area contributed by atoms with Crippen molar-refractivity contribution >= 4 is 23.2 Å². The van der Waals surface area contributed by atoms with E-state index >= 15 is 0 Å². The summed E-state index contributed by atoms with van der Waals surface area (Å²) in [6.07, 6.45) is 0. The third-order valence-electron chi connectivity index (χ3n) is 4.70. The molecule has 1 heterocycles. The molecule has 6 heteroatoms. The predicted octanol–water partition coefficient (Wildman–Crippen LogP) is 3.38. The van der Waals surface area contributed by atoms with E-state index in [-0.39, 0.29) is 0 Å². The fourth-order valence-corrected chi connectivity index (χ4v) is 3.36. The Hall–Kier alpha value is -2.24. The molecule has 0 bridgehead atoms. The molecule has 0 unspecified atom stereocenters. The minimum Gasteiger partial charge on any atom is -0.378 e. The van der Waals surface area contributed by atoms with Crippen molar-refractivity contribution < 1.29 is 4.74 Å². The molecule has 144 valence electrons. The molecule has 0 amide bonds. The van der Waals surface area contributed by atoms with Crippen LogP contribution in [-0.2, 0) is 17.8 Å². The average Bonchev–Trinajstić information content (AvgIpc) is 2.71. The molecule has 0 atom stereocenters. The van der Waals surface area contributed by atoms with Crippen LogP contribution >= 0.6 is 11.6 Å². The van der Waals surface area contributed by atoms with Gasteiger partial charge < -0.3 is 19.9 Å². The van der Waals surface area contributed by atoms with Crippen molar-refractivity contribution in [2.24, 2.45) is 4.99 Å². The summed E-state index contributed by atoms with van der Waals surface area (Å²) in [5.41, 5.74) is 3.56. The number of rotatable bonds is 5. The van der Waals surface area contributed by atoms with Crippen LogP contribution in [0.2, 0.25) is 5.02 Å². The van der Waals surface area contributed by atoms with Gasteiger partial charge in [0.05, 0.1) is 13.2 Å². The van der Waals surface area contributed by atoms with Crippen LogP contribution in [0.1, 0.15) is 11.1 Å². The second kappa shape index (κ2) is 9.62. The van der Waals surface area contributed by atoms with Crippen LogP contribution in [-0.4, -0.2) is 51.3 Å². The normalized spacial score (nSPS) is 14.9. The Morgan fingerprint density at radius 1 is 1.15 bits per heavy atom. The summed E-state index contributed by atoms with van der Waals surface area (Å²) in [6, 6.07) is 16.6. The minimum absolute atomic E-state index is 0.704. The molecule has 1 aliphatic rings. The van der Waals surface area contributed by atoms with E-state index in [1.54, 1.807) is 7.05 Å². The summed E-state index contributed by atoms with van der Waals surface area (Å²) in [5, 5.41) is 4.20. The lowest BCUT2D eigenvalue weighted by Gasteiger charge is -2.29. The van der Waals surface area contributed by atoms with Crippen molar-refractivity contribution in [1.82, 2.24) is 10.2 Å². The van der Waals surface area contributed by atoms with Crippen molar-refractivity contribution in [3.05, 3.63) is 64.7 Å². The molecule has 2 aromatic rings. The van der Waals surface area contributed by atoms with Crippen molar-refractivity contribution in [2.45, 2.75) is 13.1 Å². The highest BCUT2D eigenvalue weighted by Gasteiger charge is 2.11. The SMILES string of the molecule is CN=C(NCc1ccc(N2CCOCC2)cc1)N(C)Cc1ccccc1Cl. The first-order valence-corrected chi connectivity index (χ1v) is 9.62. The van der Waals surface area contributed by atoms with Crippen LogP contribution < -0.4 is 10.2 Å². The number of nitrogens with zero attached hydrogens (tertiary/aromatic N) is 3. The Morgan fingerprint density at radius 3 is 2.52 bits per heavy atom. The summed E-state index contributed by atoms with van der Waals surface area (Å²) < 4.78 is 5.42. The summed E-state index contributed by atoms with van der Waals surface area (Å²) in [5.74, 6) is 0.840. The van der Waals surface area contributed by atoms with Gasteiger partial charge in [0.15, 0.2) is 5.96 Å². The Kier molecular flexibility index (Phi) is 6.96. The number of nitrogens with one attached hydrogen (secondary N) is 1. The van der Waals surface area contributed by atoms with Gasteiger partial charge in [-0.25, -0.2) is 0 Å². The fraction of sp³-hybridized carbons (Fsp3) is 0.381. The van der Waals surface area contributed by atoms with Gasteiger partial charge in [-0.1, -0.05) is 41.9 Å². The zero-order valence-corrected chi connectivity index (χ0v) is 16.7. The van der Waals surface area contributed by atoms with Crippen molar-refractivity contribution in [3.8, 4) is 0 Å². The van der Waals surface area contributed by atoms with Crippen LogP contribution in [0.15, 0.2) is 53.5 Å². The molecular formula is C21H27ClN4O. The number of guanidine groups is 1. The van der Waals surface area contributed by atoms with E-state index in [9.17, 15) is 0 Å². The smallest absolute Gasteiger partial charge is 0.193 e. The molecule has 0 radical (unpaired) electrons. The zero-order chi connectivity index (χ0) is 19.1. The molecule has 0 aromatic heterocycles. The number of morpholine rings is 1. The minimum atomic E-state index is 0.704. The maximum absolute atomic E-state index is 6.27. The van der Waals surface area contributed by atoms with E-state index in [0.717, 1.165) is 49.4 Å². The highest BCUT2D eigenvalue weighted by atomic mass is 35.5. The second-order valence-electron chi connectivity index (χ2n) is 6.61. The van der Waals surface area contributed by atoms with Gasteiger partial charge in [-0.05, 0) is 29.3 Å². The van der Waals surface area contributed by atoms with E-state index < -0.39 is 0 Å². The average molecular weight is 387 g/mol. The zero-order valence-electron chi connectivity index (χ0n) is 16.0. The Morgan fingerprint density at radius 2 is 1.85 bits per heavy atom. The van der Waals surface area contributed by atoms with Gasteiger partial charge in [-0.2, -0.15) is 0 Å². The first-order valence-electron chi connectivity index (χ1n) is 9.24. The quantitative estimate of drug-likeness (QED) is 0.631. The van der Waals surface area contributed by atoms with E-state index in [1.165, 1.54) is 11.3 Å². The van der Waals surface area contributed by atoms with Gasteiger partial charge in [0.25, 0.3) is 0 Å².